The van der Waals surface area contributed by atoms with Gasteiger partial charge in [-0.25, -0.2) is 0 Å². The Morgan fingerprint density at radius 3 is 2.48 bits per heavy atom. The molecule has 1 aliphatic rings. The summed E-state index contributed by atoms with van der Waals surface area (Å²) in [4.78, 5) is 15.4. The predicted molar refractivity (Wildman–Crippen MR) is 89.4 cm³/mol. The number of carbonyl (C=O) groups excluding carboxylic acids is 1. The summed E-state index contributed by atoms with van der Waals surface area (Å²) in [6.07, 6.45) is 3.82. The van der Waals surface area contributed by atoms with Crippen LogP contribution in [-0.4, -0.2) is 17.8 Å². The van der Waals surface area contributed by atoms with Gasteiger partial charge >= 0.3 is 0 Å². The molecule has 1 aromatic carbocycles. The number of rotatable bonds is 4. The highest BCUT2D eigenvalue weighted by Gasteiger charge is 2.29. The minimum atomic E-state index is -0.00646. The topological polar surface area (TPSA) is 42.0 Å². The van der Waals surface area contributed by atoms with E-state index in [-0.39, 0.29) is 14.6 Å². The molecule has 0 fully saturated rings. The van der Waals surface area contributed by atoms with Crippen molar-refractivity contribution in [1.29, 1.82) is 0 Å². The smallest absolute Gasteiger partial charge is 0.178 e. The van der Waals surface area contributed by atoms with E-state index in [0.717, 1.165) is 11.3 Å². The second kappa shape index (κ2) is 5.92. The van der Waals surface area contributed by atoms with Gasteiger partial charge in [-0.3, -0.25) is 9.78 Å². The molecule has 0 spiro atoms. The van der Waals surface area contributed by atoms with Gasteiger partial charge in [-0.1, -0.05) is 25.6 Å². The van der Waals surface area contributed by atoms with Crippen molar-refractivity contribution in [3.05, 3.63) is 71.4 Å². The standard InChI is InChI=1S/C17H15N2O.CH4.H2/c1-11(20)17-9-13(7-8-19-17)16-10-15(16)12-3-5-14(18-2)6-4-12;;/h3-10,18H,1-2H3;1H4;1H. The van der Waals surface area contributed by atoms with E-state index >= 15 is 0 Å². The third-order valence-electron chi connectivity index (χ3n) is 3.41. The van der Waals surface area contributed by atoms with E-state index in [4.69, 9.17) is 0 Å². The Morgan fingerprint density at radius 1 is 1.14 bits per heavy atom. The lowest BCUT2D eigenvalue weighted by Crippen LogP contribution is -1.96. The van der Waals surface area contributed by atoms with Crippen LogP contribution in [0.5, 0.6) is 0 Å². The number of Topliss-reactive ketones (excluding diaryl/α,β-unsaturated/α-hetero) is 1. The lowest BCUT2D eigenvalue weighted by Gasteiger charge is -2.04. The first kappa shape index (κ1) is 15.0. The van der Waals surface area contributed by atoms with Gasteiger partial charge in [0.15, 0.2) is 5.78 Å². The van der Waals surface area contributed by atoms with Gasteiger partial charge in [-0.15, -0.1) is 0 Å². The van der Waals surface area contributed by atoms with E-state index in [1.165, 1.54) is 24.0 Å². The van der Waals surface area contributed by atoms with Gasteiger partial charge in [0.25, 0.3) is 0 Å². The Labute approximate surface area is 127 Å². The summed E-state index contributed by atoms with van der Waals surface area (Å²) in [6.45, 7) is 1.54. The summed E-state index contributed by atoms with van der Waals surface area (Å²) in [7, 11) is 1.91. The highest BCUT2D eigenvalue weighted by molar-refractivity contribution is 6.00. The van der Waals surface area contributed by atoms with Gasteiger partial charge in [0.05, 0.1) is 5.92 Å². The van der Waals surface area contributed by atoms with Gasteiger partial charge in [0, 0.05) is 27.3 Å². The number of anilines is 1. The molecule has 0 saturated carbocycles. The van der Waals surface area contributed by atoms with Crippen molar-refractivity contribution in [2.24, 2.45) is 0 Å². The van der Waals surface area contributed by atoms with Crippen LogP contribution in [0.2, 0.25) is 0 Å². The fraction of sp³-hybridized carbons (Fsp3) is 0.167. The van der Waals surface area contributed by atoms with E-state index in [1.807, 2.05) is 19.2 Å². The molecule has 3 heteroatoms. The molecule has 0 saturated heterocycles. The molecule has 109 valence electrons. The van der Waals surface area contributed by atoms with Gasteiger partial charge in [0.2, 0.25) is 0 Å². The molecular formula is C18H21N2O. The van der Waals surface area contributed by atoms with E-state index in [0.29, 0.717) is 5.69 Å². The van der Waals surface area contributed by atoms with E-state index in [1.54, 1.807) is 6.20 Å². The van der Waals surface area contributed by atoms with Crippen molar-refractivity contribution in [3.8, 4) is 0 Å². The Hall–Kier alpha value is -2.42. The van der Waals surface area contributed by atoms with Gasteiger partial charge in [0.1, 0.15) is 5.69 Å². The maximum atomic E-state index is 11.4. The number of ketones is 1. The number of aromatic nitrogens is 1. The van der Waals surface area contributed by atoms with Crippen LogP contribution in [0.1, 0.15) is 37.4 Å². The van der Waals surface area contributed by atoms with Crippen LogP contribution < -0.4 is 5.32 Å². The molecule has 0 bridgehead atoms. The molecule has 1 aliphatic carbocycles. The molecule has 3 nitrogen and oxygen atoms in total. The second-order valence-corrected chi connectivity index (χ2v) is 4.78. The summed E-state index contributed by atoms with van der Waals surface area (Å²) in [5.74, 6) is 1.22. The Morgan fingerprint density at radius 2 is 1.86 bits per heavy atom. The maximum absolute atomic E-state index is 11.4. The zero-order valence-electron chi connectivity index (χ0n) is 11.5. The zero-order chi connectivity index (χ0) is 14.1. The number of hydrogen-bond donors (Lipinski definition) is 1. The van der Waals surface area contributed by atoms with Crippen LogP contribution in [0, 0.1) is 5.92 Å². The Kier molecular flexibility index (Phi) is 4.22. The summed E-state index contributed by atoms with van der Waals surface area (Å²) >= 11 is 0. The van der Waals surface area contributed by atoms with Crippen LogP contribution in [0.15, 0.2) is 48.7 Å². The van der Waals surface area contributed by atoms with Crippen LogP contribution >= 0.6 is 0 Å². The summed E-state index contributed by atoms with van der Waals surface area (Å²) in [5, 5.41) is 3.10. The molecule has 0 atom stereocenters. The van der Waals surface area contributed by atoms with Crippen LogP contribution in [-0.2, 0) is 0 Å². The number of allylic oxidation sites excluding steroid dienone is 2. The lowest BCUT2D eigenvalue weighted by atomic mass is 10.0. The number of pyridine rings is 1. The first-order valence-electron chi connectivity index (χ1n) is 6.53. The van der Waals surface area contributed by atoms with E-state index in [9.17, 15) is 4.79 Å². The van der Waals surface area contributed by atoms with E-state index in [2.05, 4.69) is 40.6 Å². The quantitative estimate of drug-likeness (QED) is 0.853. The first-order valence-corrected chi connectivity index (χ1v) is 6.53. The fourth-order valence-electron chi connectivity index (χ4n) is 2.19. The van der Waals surface area contributed by atoms with Crippen LogP contribution in [0.4, 0.5) is 5.69 Å². The summed E-state index contributed by atoms with van der Waals surface area (Å²) in [5.41, 5.74) is 5.05. The SMILES string of the molecule is C.CNc1ccc([C]2C=C2c2ccnc(C(C)=O)c2)cc1.[HH]. The average Bonchev–Trinajstić information content (AvgIpc) is 3.28. The summed E-state index contributed by atoms with van der Waals surface area (Å²) < 4.78 is 0. The minimum absolute atomic E-state index is 0. The van der Waals surface area contributed by atoms with Crippen molar-refractivity contribution in [2.45, 2.75) is 14.4 Å². The largest absolute Gasteiger partial charge is 0.388 e. The highest BCUT2D eigenvalue weighted by atomic mass is 16.1. The monoisotopic (exact) mass is 281 g/mol. The molecule has 0 aliphatic heterocycles. The van der Waals surface area contributed by atoms with Crippen LogP contribution in [0.3, 0.4) is 0 Å². The molecule has 2 aromatic rings. The zero-order valence-corrected chi connectivity index (χ0v) is 11.5. The van der Waals surface area contributed by atoms with Crippen molar-refractivity contribution in [2.75, 3.05) is 12.4 Å². The van der Waals surface area contributed by atoms with Crippen molar-refractivity contribution >= 4 is 17.0 Å². The third kappa shape index (κ3) is 3.02. The normalized spacial score (nSPS) is 13.1. The highest BCUT2D eigenvalue weighted by Crippen LogP contribution is 2.45. The fourth-order valence-corrected chi connectivity index (χ4v) is 2.19. The molecule has 1 N–H and O–H groups in total. The Bertz CT molecular complexity index is 692. The van der Waals surface area contributed by atoms with Gasteiger partial charge in [-0.2, -0.15) is 0 Å². The minimum Gasteiger partial charge on any atom is -0.388 e. The first-order chi connectivity index (χ1) is 9.69. The average molecular weight is 281 g/mol. The molecule has 1 aromatic heterocycles. The summed E-state index contributed by atoms with van der Waals surface area (Å²) in [6, 6.07) is 12.1. The molecular weight excluding hydrogens is 260 g/mol. The predicted octanol–water partition coefficient (Wildman–Crippen LogP) is 4.23. The maximum Gasteiger partial charge on any atom is 0.178 e. The number of nitrogens with one attached hydrogen (secondary N) is 1. The van der Waals surface area contributed by atoms with Crippen LogP contribution in [0.25, 0.3) is 5.57 Å². The molecule has 0 unspecified atom stereocenters. The molecule has 1 radical (unpaired) electrons. The Balaban J connectivity index is 0.00000121. The van der Waals surface area contributed by atoms with Gasteiger partial charge in [-0.05, 0) is 41.0 Å². The lowest BCUT2D eigenvalue weighted by molar-refractivity contribution is 0.101. The molecule has 1 heterocycles. The second-order valence-electron chi connectivity index (χ2n) is 4.78. The number of carbonyl (C=O) groups is 1. The number of nitrogens with zero attached hydrogens (tertiary/aromatic N) is 1. The number of benzene rings is 1. The third-order valence-corrected chi connectivity index (χ3v) is 3.41. The molecule has 21 heavy (non-hydrogen) atoms. The van der Waals surface area contributed by atoms with E-state index < -0.39 is 0 Å². The molecule has 3 rings (SSSR count). The van der Waals surface area contributed by atoms with Crippen molar-refractivity contribution in [1.82, 2.24) is 4.98 Å². The van der Waals surface area contributed by atoms with Gasteiger partial charge < -0.3 is 5.32 Å². The van der Waals surface area contributed by atoms with Crippen molar-refractivity contribution in [3.63, 3.8) is 0 Å². The van der Waals surface area contributed by atoms with Crippen molar-refractivity contribution < 1.29 is 6.22 Å². The number of hydrogen-bond acceptors (Lipinski definition) is 3. The molecule has 0 amide bonds.